The fourth-order valence-corrected chi connectivity index (χ4v) is 6.22. The minimum Gasteiger partial charge on any atom is -0.344 e. The molecule has 2 heteroatoms. The average Bonchev–Trinajstić information content (AvgIpc) is 2.43. The van der Waals surface area contributed by atoms with E-state index in [9.17, 15) is 0 Å². The highest BCUT2D eigenvalue weighted by Crippen LogP contribution is 2.55. The molecule has 0 aliphatic heterocycles. The highest BCUT2D eigenvalue weighted by Gasteiger charge is 2.38. The molecule has 0 atom stereocenters. The largest absolute Gasteiger partial charge is 0.344 e. The van der Waals surface area contributed by atoms with Crippen LogP contribution in [0.25, 0.3) is 0 Å². The van der Waals surface area contributed by atoms with Crippen LogP contribution in [0.4, 0.5) is 0 Å². The third-order valence-electron chi connectivity index (χ3n) is 3.58. The molecule has 0 heterocycles. The van der Waals surface area contributed by atoms with Crippen molar-refractivity contribution in [2.24, 2.45) is 0 Å². The Labute approximate surface area is 111 Å². The quantitative estimate of drug-likeness (QED) is 0.832. The summed E-state index contributed by atoms with van der Waals surface area (Å²) in [7, 11) is -1.16. The minimum atomic E-state index is -1.16. The Balaban J connectivity index is 0.00000162. The molecule has 0 saturated carbocycles. The zero-order chi connectivity index (χ0) is 12.1. The lowest BCUT2D eigenvalue weighted by atomic mass is 10.4. The van der Waals surface area contributed by atoms with Crippen LogP contribution in [-0.2, 0) is 0 Å². The van der Waals surface area contributed by atoms with Crippen molar-refractivity contribution >= 4 is 17.9 Å². The Hall–Kier alpha value is -1.17. The Kier molecular flexibility index (Phi) is 5.53. The summed E-state index contributed by atoms with van der Waals surface area (Å²) in [4.78, 5) is 0. The van der Waals surface area contributed by atoms with Gasteiger partial charge in [-0.2, -0.15) is 0 Å². The topological polar surface area (TPSA) is 35.0 Å². The van der Waals surface area contributed by atoms with E-state index in [0.29, 0.717) is 0 Å². The highest BCUT2D eigenvalue weighted by molar-refractivity contribution is 7.89. The van der Waals surface area contributed by atoms with E-state index < -0.39 is 7.26 Å². The van der Waals surface area contributed by atoms with Crippen molar-refractivity contribution in [3.63, 3.8) is 0 Å². The summed E-state index contributed by atoms with van der Waals surface area (Å²) < 4.78 is 0. The molecule has 0 fully saturated rings. The SMILES string of the molecule is CC[P+](CC)(c1ccccc1)c1ccccc1.N. The molecule has 2 aromatic carbocycles. The van der Waals surface area contributed by atoms with E-state index in [2.05, 4.69) is 74.5 Å². The lowest BCUT2D eigenvalue weighted by Gasteiger charge is -2.24. The van der Waals surface area contributed by atoms with Gasteiger partial charge < -0.3 is 6.15 Å². The Morgan fingerprint density at radius 2 is 1.00 bits per heavy atom. The Morgan fingerprint density at radius 3 is 1.28 bits per heavy atom. The molecule has 3 N–H and O–H groups in total. The van der Waals surface area contributed by atoms with Gasteiger partial charge in [-0.1, -0.05) is 36.4 Å². The van der Waals surface area contributed by atoms with E-state index in [1.54, 1.807) is 0 Å². The van der Waals surface area contributed by atoms with Crippen molar-refractivity contribution in [3.05, 3.63) is 60.7 Å². The first-order chi connectivity index (χ1) is 8.33. The second-order valence-corrected chi connectivity index (χ2v) is 8.50. The van der Waals surface area contributed by atoms with Gasteiger partial charge in [-0.25, -0.2) is 0 Å². The molecule has 2 rings (SSSR count). The summed E-state index contributed by atoms with van der Waals surface area (Å²) in [6, 6.07) is 22.1. The molecule has 96 valence electrons. The predicted octanol–water partition coefficient (Wildman–Crippen LogP) is 3.86. The standard InChI is InChI=1S/C16H20P.H3N/c1-3-17(4-2,15-11-7-5-8-12-15)16-13-9-6-10-14-16;/h5-14H,3-4H2,1-2H3;1H3/q+1;. The first-order valence-corrected chi connectivity index (χ1v) is 8.47. The van der Waals surface area contributed by atoms with Crippen LogP contribution in [0.1, 0.15) is 13.8 Å². The number of hydrogen-bond donors (Lipinski definition) is 1. The summed E-state index contributed by atoms with van der Waals surface area (Å²) >= 11 is 0. The van der Waals surface area contributed by atoms with E-state index in [0.717, 1.165) is 0 Å². The maximum absolute atomic E-state index is 2.33. The van der Waals surface area contributed by atoms with Gasteiger partial charge in [-0.15, -0.1) is 0 Å². The molecule has 0 aliphatic carbocycles. The zero-order valence-electron chi connectivity index (χ0n) is 11.3. The summed E-state index contributed by atoms with van der Waals surface area (Å²) in [6.45, 7) is 4.66. The number of rotatable bonds is 4. The summed E-state index contributed by atoms with van der Waals surface area (Å²) in [5, 5.41) is 3.08. The van der Waals surface area contributed by atoms with E-state index in [1.165, 1.54) is 22.9 Å². The molecule has 0 bridgehead atoms. The molecule has 0 spiro atoms. The van der Waals surface area contributed by atoms with Crippen molar-refractivity contribution in [2.45, 2.75) is 13.8 Å². The summed E-state index contributed by atoms with van der Waals surface area (Å²) in [6.07, 6.45) is 2.50. The van der Waals surface area contributed by atoms with Crippen molar-refractivity contribution in [1.29, 1.82) is 0 Å². The van der Waals surface area contributed by atoms with Gasteiger partial charge in [0.05, 0.1) is 30.2 Å². The van der Waals surface area contributed by atoms with Gasteiger partial charge in [0.2, 0.25) is 0 Å². The van der Waals surface area contributed by atoms with Crippen molar-refractivity contribution < 1.29 is 0 Å². The van der Waals surface area contributed by atoms with Crippen LogP contribution >= 0.6 is 7.26 Å². The van der Waals surface area contributed by atoms with Gasteiger partial charge in [0, 0.05) is 0 Å². The summed E-state index contributed by atoms with van der Waals surface area (Å²) in [5.74, 6) is 0. The number of benzene rings is 2. The molecule has 0 aromatic heterocycles. The van der Waals surface area contributed by atoms with Gasteiger partial charge in [0.15, 0.2) is 0 Å². The van der Waals surface area contributed by atoms with E-state index >= 15 is 0 Å². The molecule has 0 amide bonds. The molecular formula is C16H23NP+. The average molecular weight is 260 g/mol. The first kappa shape index (κ1) is 14.9. The molecule has 1 nitrogen and oxygen atoms in total. The van der Waals surface area contributed by atoms with Gasteiger partial charge in [-0.3, -0.25) is 0 Å². The third-order valence-corrected chi connectivity index (χ3v) is 8.31. The second kappa shape index (κ2) is 6.68. The van der Waals surface area contributed by atoms with E-state index in [1.807, 2.05) is 0 Å². The Bertz CT molecular complexity index is 408. The zero-order valence-corrected chi connectivity index (χ0v) is 12.2. The molecule has 18 heavy (non-hydrogen) atoms. The second-order valence-electron chi connectivity index (χ2n) is 4.27. The monoisotopic (exact) mass is 260 g/mol. The predicted molar refractivity (Wildman–Crippen MR) is 85.2 cm³/mol. The lowest BCUT2D eigenvalue weighted by Crippen LogP contribution is -2.25. The fraction of sp³-hybridized carbons (Fsp3) is 0.250. The lowest BCUT2D eigenvalue weighted by molar-refractivity contribution is 1.39. The first-order valence-electron chi connectivity index (χ1n) is 6.32. The Morgan fingerprint density at radius 1 is 0.667 bits per heavy atom. The van der Waals surface area contributed by atoms with Crippen LogP contribution in [0.2, 0.25) is 0 Å². The maximum Gasteiger partial charge on any atom is 0.0991 e. The molecule has 0 aliphatic rings. The van der Waals surface area contributed by atoms with Crippen LogP contribution in [0.3, 0.4) is 0 Å². The molecular weight excluding hydrogens is 237 g/mol. The van der Waals surface area contributed by atoms with Crippen molar-refractivity contribution in [2.75, 3.05) is 12.3 Å². The molecule has 0 saturated heterocycles. The van der Waals surface area contributed by atoms with Gasteiger partial charge in [-0.05, 0) is 38.1 Å². The fourth-order valence-electron chi connectivity index (χ4n) is 2.53. The van der Waals surface area contributed by atoms with Crippen LogP contribution in [0, 0.1) is 0 Å². The van der Waals surface area contributed by atoms with E-state index in [-0.39, 0.29) is 6.15 Å². The molecule has 0 unspecified atom stereocenters. The minimum absolute atomic E-state index is 0. The maximum atomic E-state index is 2.33. The van der Waals surface area contributed by atoms with Crippen LogP contribution in [0.15, 0.2) is 60.7 Å². The third kappa shape index (κ3) is 2.63. The summed E-state index contributed by atoms with van der Waals surface area (Å²) in [5.41, 5.74) is 0. The molecule has 2 aromatic rings. The van der Waals surface area contributed by atoms with Gasteiger partial charge in [0.25, 0.3) is 0 Å². The normalized spacial score (nSPS) is 10.8. The van der Waals surface area contributed by atoms with Gasteiger partial charge in [0.1, 0.15) is 0 Å². The smallest absolute Gasteiger partial charge is 0.0991 e. The van der Waals surface area contributed by atoms with Gasteiger partial charge >= 0.3 is 0 Å². The van der Waals surface area contributed by atoms with Crippen LogP contribution in [-0.4, -0.2) is 12.3 Å². The van der Waals surface area contributed by atoms with Crippen molar-refractivity contribution in [3.8, 4) is 0 Å². The van der Waals surface area contributed by atoms with Crippen LogP contribution < -0.4 is 16.8 Å². The number of hydrogen-bond acceptors (Lipinski definition) is 1. The van der Waals surface area contributed by atoms with E-state index in [4.69, 9.17) is 0 Å². The van der Waals surface area contributed by atoms with Crippen LogP contribution in [0.5, 0.6) is 0 Å². The molecule has 0 radical (unpaired) electrons. The highest BCUT2D eigenvalue weighted by atomic mass is 31.2. The van der Waals surface area contributed by atoms with Crippen molar-refractivity contribution in [1.82, 2.24) is 6.15 Å².